The standard InChI is InChI=1S/C17H27NO/c1-5-19-16-9-6-13(2)12-15(16)17(3,4)10-11-18-14-7-8-14/h6,9,12,14,18H,5,7-8,10-11H2,1-4H3. The number of nitrogens with one attached hydrogen (secondary N) is 1. The molecule has 0 amide bonds. The third-order valence-electron chi connectivity index (χ3n) is 3.92. The second-order valence-electron chi connectivity index (χ2n) is 6.29. The van der Waals surface area contributed by atoms with E-state index in [-0.39, 0.29) is 5.41 Å². The van der Waals surface area contributed by atoms with Gasteiger partial charge < -0.3 is 10.1 Å². The summed E-state index contributed by atoms with van der Waals surface area (Å²) in [6.45, 7) is 10.7. The van der Waals surface area contributed by atoms with Gasteiger partial charge in [-0.2, -0.15) is 0 Å². The molecule has 0 radical (unpaired) electrons. The molecular formula is C17H27NO. The van der Waals surface area contributed by atoms with Crippen molar-refractivity contribution in [3.05, 3.63) is 29.3 Å². The summed E-state index contributed by atoms with van der Waals surface area (Å²) in [5, 5.41) is 3.61. The van der Waals surface area contributed by atoms with E-state index in [0.717, 1.165) is 31.4 Å². The van der Waals surface area contributed by atoms with Crippen LogP contribution >= 0.6 is 0 Å². The number of hydrogen-bond donors (Lipinski definition) is 1. The normalized spacial score (nSPS) is 15.6. The molecule has 0 spiro atoms. The summed E-state index contributed by atoms with van der Waals surface area (Å²) in [6.07, 6.45) is 3.86. The van der Waals surface area contributed by atoms with Crippen molar-refractivity contribution in [2.24, 2.45) is 0 Å². The summed E-state index contributed by atoms with van der Waals surface area (Å²) in [5.41, 5.74) is 2.80. The van der Waals surface area contributed by atoms with Crippen molar-refractivity contribution in [2.45, 2.75) is 58.4 Å². The van der Waals surface area contributed by atoms with Gasteiger partial charge in [-0.05, 0) is 51.1 Å². The Balaban J connectivity index is 2.09. The fourth-order valence-corrected chi connectivity index (χ4v) is 2.46. The molecule has 1 saturated carbocycles. The molecule has 1 aromatic rings. The monoisotopic (exact) mass is 261 g/mol. The first kappa shape index (κ1) is 14.4. The average Bonchev–Trinajstić information content (AvgIpc) is 3.15. The van der Waals surface area contributed by atoms with Crippen LogP contribution in [0.1, 0.15) is 51.2 Å². The van der Waals surface area contributed by atoms with Gasteiger partial charge in [-0.1, -0.05) is 31.5 Å². The summed E-state index contributed by atoms with van der Waals surface area (Å²) in [7, 11) is 0. The number of ether oxygens (including phenoxy) is 1. The Labute approximate surface area is 117 Å². The Bertz CT molecular complexity index is 421. The van der Waals surface area contributed by atoms with E-state index in [4.69, 9.17) is 4.74 Å². The molecule has 1 aromatic carbocycles. The molecule has 0 aliphatic heterocycles. The van der Waals surface area contributed by atoms with Crippen molar-refractivity contribution in [2.75, 3.05) is 13.2 Å². The van der Waals surface area contributed by atoms with Crippen molar-refractivity contribution in [1.29, 1.82) is 0 Å². The van der Waals surface area contributed by atoms with E-state index in [0.29, 0.717) is 0 Å². The molecule has 1 aliphatic carbocycles. The zero-order valence-corrected chi connectivity index (χ0v) is 12.8. The highest BCUT2D eigenvalue weighted by Gasteiger charge is 2.26. The van der Waals surface area contributed by atoms with E-state index >= 15 is 0 Å². The van der Waals surface area contributed by atoms with Crippen LogP contribution in [-0.4, -0.2) is 19.2 Å². The lowest BCUT2D eigenvalue weighted by molar-refractivity contribution is 0.324. The highest BCUT2D eigenvalue weighted by atomic mass is 16.5. The molecule has 0 atom stereocenters. The maximum atomic E-state index is 5.80. The smallest absolute Gasteiger partial charge is 0.123 e. The number of aryl methyl sites for hydroxylation is 1. The maximum absolute atomic E-state index is 5.80. The second kappa shape index (κ2) is 5.96. The molecule has 0 bridgehead atoms. The van der Waals surface area contributed by atoms with Crippen molar-refractivity contribution in [3.63, 3.8) is 0 Å². The molecule has 1 N–H and O–H groups in total. The van der Waals surface area contributed by atoms with Gasteiger partial charge in [0.15, 0.2) is 0 Å². The maximum Gasteiger partial charge on any atom is 0.123 e. The Morgan fingerprint density at radius 3 is 2.68 bits per heavy atom. The zero-order chi connectivity index (χ0) is 13.9. The van der Waals surface area contributed by atoms with E-state index in [1.54, 1.807) is 0 Å². The van der Waals surface area contributed by atoms with Crippen LogP contribution in [0.15, 0.2) is 18.2 Å². The second-order valence-corrected chi connectivity index (χ2v) is 6.29. The molecule has 2 nitrogen and oxygen atoms in total. The van der Waals surface area contributed by atoms with Crippen LogP contribution in [0.5, 0.6) is 5.75 Å². The Morgan fingerprint density at radius 1 is 1.32 bits per heavy atom. The largest absolute Gasteiger partial charge is 0.494 e. The molecule has 1 fully saturated rings. The zero-order valence-electron chi connectivity index (χ0n) is 12.8. The van der Waals surface area contributed by atoms with Gasteiger partial charge in [-0.3, -0.25) is 0 Å². The Hall–Kier alpha value is -1.02. The summed E-state index contributed by atoms with van der Waals surface area (Å²) in [5.74, 6) is 1.05. The highest BCUT2D eigenvalue weighted by molar-refractivity contribution is 5.41. The van der Waals surface area contributed by atoms with Gasteiger partial charge in [-0.25, -0.2) is 0 Å². The minimum atomic E-state index is 0.151. The Kier molecular flexibility index (Phi) is 4.51. The topological polar surface area (TPSA) is 21.3 Å². The predicted octanol–water partition coefficient (Wildman–Crippen LogP) is 3.81. The minimum Gasteiger partial charge on any atom is -0.494 e. The first-order valence-electron chi connectivity index (χ1n) is 7.50. The fourth-order valence-electron chi connectivity index (χ4n) is 2.46. The van der Waals surface area contributed by atoms with Gasteiger partial charge in [0.2, 0.25) is 0 Å². The van der Waals surface area contributed by atoms with Gasteiger partial charge in [-0.15, -0.1) is 0 Å². The number of rotatable bonds is 7. The van der Waals surface area contributed by atoms with E-state index in [1.807, 2.05) is 6.92 Å². The lowest BCUT2D eigenvalue weighted by atomic mass is 9.80. The summed E-state index contributed by atoms with van der Waals surface area (Å²) in [4.78, 5) is 0. The molecule has 0 unspecified atom stereocenters. The van der Waals surface area contributed by atoms with Crippen molar-refractivity contribution in [1.82, 2.24) is 5.32 Å². The fraction of sp³-hybridized carbons (Fsp3) is 0.647. The average molecular weight is 261 g/mol. The van der Waals surface area contributed by atoms with Crippen LogP contribution in [0.2, 0.25) is 0 Å². The summed E-state index contributed by atoms with van der Waals surface area (Å²) >= 11 is 0. The third-order valence-corrected chi connectivity index (χ3v) is 3.92. The van der Waals surface area contributed by atoms with Gasteiger partial charge in [0.1, 0.15) is 5.75 Å². The minimum absolute atomic E-state index is 0.151. The van der Waals surface area contributed by atoms with Gasteiger partial charge in [0.25, 0.3) is 0 Å². The highest BCUT2D eigenvalue weighted by Crippen LogP contribution is 2.35. The van der Waals surface area contributed by atoms with Gasteiger partial charge >= 0.3 is 0 Å². The SMILES string of the molecule is CCOc1ccc(C)cc1C(C)(C)CCNC1CC1. The van der Waals surface area contributed by atoms with E-state index in [9.17, 15) is 0 Å². The molecular weight excluding hydrogens is 234 g/mol. The predicted molar refractivity (Wildman–Crippen MR) is 81.0 cm³/mol. The van der Waals surface area contributed by atoms with Crippen molar-refractivity contribution in [3.8, 4) is 5.75 Å². The molecule has 0 heterocycles. The van der Waals surface area contributed by atoms with Crippen LogP contribution in [0, 0.1) is 6.92 Å². The van der Waals surface area contributed by atoms with Gasteiger partial charge in [0, 0.05) is 11.6 Å². The first-order valence-corrected chi connectivity index (χ1v) is 7.50. The quantitative estimate of drug-likeness (QED) is 0.806. The van der Waals surface area contributed by atoms with E-state index in [2.05, 4.69) is 44.3 Å². The molecule has 2 heteroatoms. The van der Waals surface area contributed by atoms with E-state index in [1.165, 1.54) is 24.0 Å². The molecule has 0 aromatic heterocycles. The summed E-state index contributed by atoms with van der Waals surface area (Å²) in [6, 6.07) is 7.32. The third kappa shape index (κ3) is 3.97. The molecule has 106 valence electrons. The molecule has 1 aliphatic rings. The molecule has 0 saturated heterocycles. The van der Waals surface area contributed by atoms with Gasteiger partial charge in [0.05, 0.1) is 6.61 Å². The van der Waals surface area contributed by atoms with Crippen molar-refractivity contribution >= 4 is 0 Å². The summed E-state index contributed by atoms with van der Waals surface area (Å²) < 4.78 is 5.80. The van der Waals surface area contributed by atoms with E-state index < -0.39 is 0 Å². The lowest BCUT2D eigenvalue weighted by Crippen LogP contribution is -2.27. The van der Waals surface area contributed by atoms with Crippen LogP contribution in [0.25, 0.3) is 0 Å². The van der Waals surface area contributed by atoms with Crippen LogP contribution in [-0.2, 0) is 5.41 Å². The van der Waals surface area contributed by atoms with Crippen LogP contribution in [0.3, 0.4) is 0 Å². The number of benzene rings is 1. The first-order chi connectivity index (χ1) is 9.03. The van der Waals surface area contributed by atoms with Crippen LogP contribution < -0.4 is 10.1 Å². The van der Waals surface area contributed by atoms with Crippen molar-refractivity contribution < 1.29 is 4.74 Å². The molecule has 2 rings (SSSR count). The molecule has 19 heavy (non-hydrogen) atoms. The lowest BCUT2D eigenvalue weighted by Gasteiger charge is -2.28. The Morgan fingerprint density at radius 2 is 2.05 bits per heavy atom. The van der Waals surface area contributed by atoms with Crippen LogP contribution in [0.4, 0.5) is 0 Å². The number of hydrogen-bond acceptors (Lipinski definition) is 2.